The number of para-hydroxylation sites is 1. The first-order valence-corrected chi connectivity index (χ1v) is 5.44. The standard InChI is InChI=1S/C9H7BrN2S/c10-7-3-1-2-4-8(7)12-9-11-5-6-13-9/h1-6H,(H,11,12). The van der Waals surface area contributed by atoms with E-state index in [4.69, 9.17) is 0 Å². The normalized spacial score (nSPS) is 9.92. The molecule has 0 saturated carbocycles. The molecule has 0 fully saturated rings. The Balaban J connectivity index is 2.24. The molecule has 0 unspecified atom stereocenters. The van der Waals surface area contributed by atoms with Gasteiger partial charge in [-0.15, -0.1) is 11.3 Å². The van der Waals surface area contributed by atoms with Crippen LogP contribution in [-0.4, -0.2) is 4.98 Å². The maximum Gasteiger partial charge on any atom is 0.187 e. The average molecular weight is 255 g/mol. The van der Waals surface area contributed by atoms with Crippen molar-refractivity contribution in [1.29, 1.82) is 0 Å². The SMILES string of the molecule is Brc1ccccc1Nc1nccs1. The second kappa shape index (κ2) is 3.89. The molecule has 0 aliphatic carbocycles. The van der Waals surface area contributed by atoms with Crippen LogP contribution in [0.25, 0.3) is 0 Å². The van der Waals surface area contributed by atoms with Crippen molar-refractivity contribution >= 4 is 38.1 Å². The monoisotopic (exact) mass is 254 g/mol. The summed E-state index contributed by atoms with van der Waals surface area (Å²) in [5.41, 5.74) is 1.04. The lowest BCUT2D eigenvalue weighted by Crippen LogP contribution is -1.89. The number of nitrogens with zero attached hydrogens (tertiary/aromatic N) is 1. The Hall–Kier alpha value is -0.870. The summed E-state index contributed by atoms with van der Waals surface area (Å²) < 4.78 is 1.05. The first kappa shape index (κ1) is 8.72. The zero-order valence-corrected chi connectivity index (χ0v) is 9.10. The number of halogens is 1. The largest absolute Gasteiger partial charge is 0.331 e. The molecule has 0 atom stereocenters. The molecule has 1 aromatic carbocycles. The van der Waals surface area contributed by atoms with Crippen LogP contribution in [0.1, 0.15) is 0 Å². The van der Waals surface area contributed by atoms with Crippen molar-refractivity contribution in [3.05, 3.63) is 40.3 Å². The Morgan fingerprint density at radius 1 is 1.31 bits per heavy atom. The van der Waals surface area contributed by atoms with Crippen LogP contribution < -0.4 is 5.32 Å². The third-order valence-electron chi connectivity index (χ3n) is 1.55. The molecule has 0 spiro atoms. The molecular weight excluding hydrogens is 248 g/mol. The van der Waals surface area contributed by atoms with Crippen molar-refractivity contribution in [3.8, 4) is 0 Å². The Bertz CT molecular complexity index is 386. The molecule has 0 bridgehead atoms. The van der Waals surface area contributed by atoms with Crippen LogP contribution in [0, 0.1) is 0 Å². The molecule has 1 heterocycles. The van der Waals surface area contributed by atoms with Gasteiger partial charge >= 0.3 is 0 Å². The van der Waals surface area contributed by atoms with Gasteiger partial charge in [-0.25, -0.2) is 4.98 Å². The summed E-state index contributed by atoms with van der Waals surface area (Å²) in [6.45, 7) is 0. The molecule has 66 valence electrons. The summed E-state index contributed by atoms with van der Waals surface area (Å²) in [5, 5.41) is 6.07. The predicted octanol–water partition coefficient (Wildman–Crippen LogP) is 3.65. The number of aromatic nitrogens is 1. The number of hydrogen-bond acceptors (Lipinski definition) is 3. The highest BCUT2D eigenvalue weighted by Gasteiger charge is 1.99. The van der Waals surface area contributed by atoms with E-state index in [1.54, 1.807) is 17.5 Å². The van der Waals surface area contributed by atoms with Gasteiger partial charge in [-0.2, -0.15) is 0 Å². The number of benzene rings is 1. The van der Waals surface area contributed by atoms with Gasteiger partial charge in [-0.05, 0) is 28.1 Å². The fraction of sp³-hybridized carbons (Fsp3) is 0. The van der Waals surface area contributed by atoms with E-state index < -0.39 is 0 Å². The number of nitrogens with one attached hydrogen (secondary N) is 1. The van der Waals surface area contributed by atoms with Gasteiger partial charge in [0.2, 0.25) is 0 Å². The third-order valence-corrected chi connectivity index (χ3v) is 2.93. The third kappa shape index (κ3) is 2.08. The summed E-state index contributed by atoms with van der Waals surface area (Å²) in [4.78, 5) is 4.14. The van der Waals surface area contributed by atoms with Crippen LogP contribution in [0.5, 0.6) is 0 Å². The molecular formula is C9H7BrN2S. The number of anilines is 2. The van der Waals surface area contributed by atoms with E-state index >= 15 is 0 Å². The fourth-order valence-electron chi connectivity index (χ4n) is 0.963. The highest BCUT2D eigenvalue weighted by Crippen LogP contribution is 2.25. The number of thiazole rings is 1. The van der Waals surface area contributed by atoms with E-state index in [0.29, 0.717) is 0 Å². The molecule has 0 aliphatic heterocycles. The first-order valence-electron chi connectivity index (χ1n) is 3.77. The van der Waals surface area contributed by atoms with Gasteiger partial charge in [-0.3, -0.25) is 0 Å². The Morgan fingerprint density at radius 2 is 2.15 bits per heavy atom. The van der Waals surface area contributed by atoms with Crippen LogP contribution in [-0.2, 0) is 0 Å². The highest BCUT2D eigenvalue weighted by atomic mass is 79.9. The Morgan fingerprint density at radius 3 is 2.85 bits per heavy atom. The molecule has 2 rings (SSSR count). The van der Waals surface area contributed by atoms with Gasteiger partial charge in [0.1, 0.15) is 0 Å². The fourth-order valence-corrected chi connectivity index (χ4v) is 1.89. The van der Waals surface area contributed by atoms with E-state index in [1.807, 2.05) is 29.6 Å². The second-order valence-electron chi connectivity index (χ2n) is 2.44. The lowest BCUT2D eigenvalue weighted by atomic mass is 10.3. The van der Waals surface area contributed by atoms with Crippen LogP contribution in [0.4, 0.5) is 10.8 Å². The van der Waals surface area contributed by atoms with Gasteiger partial charge in [0.15, 0.2) is 5.13 Å². The molecule has 0 aliphatic rings. The van der Waals surface area contributed by atoms with Crippen LogP contribution >= 0.6 is 27.3 Å². The Kier molecular flexibility index (Phi) is 2.61. The van der Waals surface area contributed by atoms with Gasteiger partial charge in [0, 0.05) is 16.0 Å². The van der Waals surface area contributed by atoms with Crippen molar-refractivity contribution in [1.82, 2.24) is 4.98 Å². The van der Waals surface area contributed by atoms with Gasteiger partial charge in [0.05, 0.1) is 5.69 Å². The van der Waals surface area contributed by atoms with E-state index in [-0.39, 0.29) is 0 Å². The smallest absolute Gasteiger partial charge is 0.187 e. The second-order valence-corrected chi connectivity index (χ2v) is 4.19. The predicted molar refractivity (Wildman–Crippen MR) is 59.5 cm³/mol. The van der Waals surface area contributed by atoms with Crippen LogP contribution in [0.3, 0.4) is 0 Å². The average Bonchev–Trinajstić information content (AvgIpc) is 2.61. The van der Waals surface area contributed by atoms with Crippen molar-refractivity contribution in [2.75, 3.05) is 5.32 Å². The van der Waals surface area contributed by atoms with Crippen LogP contribution in [0.15, 0.2) is 40.3 Å². The van der Waals surface area contributed by atoms with E-state index in [2.05, 4.69) is 26.2 Å². The van der Waals surface area contributed by atoms with E-state index in [1.165, 1.54) is 0 Å². The van der Waals surface area contributed by atoms with E-state index in [0.717, 1.165) is 15.3 Å². The van der Waals surface area contributed by atoms with Gasteiger partial charge in [0.25, 0.3) is 0 Å². The Labute approximate surface area is 88.8 Å². The minimum atomic E-state index is 0.909. The molecule has 0 saturated heterocycles. The topological polar surface area (TPSA) is 24.9 Å². The van der Waals surface area contributed by atoms with Crippen molar-refractivity contribution in [2.24, 2.45) is 0 Å². The van der Waals surface area contributed by atoms with Crippen LogP contribution in [0.2, 0.25) is 0 Å². The lowest BCUT2D eigenvalue weighted by molar-refractivity contribution is 1.39. The van der Waals surface area contributed by atoms with E-state index in [9.17, 15) is 0 Å². The quantitative estimate of drug-likeness (QED) is 0.885. The summed E-state index contributed by atoms with van der Waals surface area (Å²) in [6, 6.07) is 7.97. The molecule has 0 radical (unpaired) electrons. The summed E-state index contributed by atoms with van der Waals surface area (Å²) in [6.07, 6.45) is 1.78. The molecule has 13 heavy (non-hydrogen) atoms. The highest BCUT2D eigenvalue weighted by molar-refractivity contribution is 9.10. The van der Waals surface area contributed by atoms with Gasteiger partial charge in [-0.1, -0.05) is 12.1 Å². The molecule has 4 heteroatoms. The lowest BCUT2D eigenvalue weighted by Gasteiger charge is -2.03. The molecule has 2 nitrogen and oxygen atoms in total. The number of hydrogen-bond donors (Lipinski definition) is 1. The van der Waals surface area contributed by atoms with Gasteiger partial charge < -0.3 is 5.32 Å². The minimum absolute atomic E-state index is 0.909. The molecule has 2 aromatic rings. The minimum Gasteiger partial charge on any atom is -0.331 e. The molecule has 1 N–H and O–H groups in total. The summed E-state index contributed by atoms with van der Waals surface area (Å²) in [5.74, 6) is 0. The first-order chi connectivity index (χ1) is 6.36. The zero-order valence-electron chi connectivity index (χ0n) is 6.70. The number of rotatable bonds is 2. The van der Waals surface area contributed by atoms with Crippen molar-refractivity contribution < 1.29 is 0 Å². The summed E-state index contributed by atoms with van der Waals surface area (Å²) in [7, 11) is 0. The maximum absolute atomic E-state index is 4.14. The maximum atomic E-state index is 4.14. The van der Waals surface area contributed by atoms with Crippen molar-refractivity contribution in [2.45, 2.75) is 0 Å². The molecule has 0 amide bonds. The zero-order chi connectivity index (χ0) is 9.10. The molecule has 1 aromatic heterocycles. The summed E-state index contributed by atoms with van der Waals surface area (Å²) >= 11 is 5.04. The van der Waals surface area contributed by atoms with Crippen molar-refractivity contribution in [3.63, 3.8) is 0 Å².